The molecule has 1 aromatic carbocycles. The highest BCUT2D eigenvalue weighted by Crippen LogP contribution is 2.56. The summed E-state index contributed by atoms with van der Waals surface area (Å²) in [6.45, 7) is -1.84. The summed E-state index contributed by atoms with van der Waals surface area (Å²) in [6, 6.07) is 6.97. The normalized spacial score (nSPS) is 18.0. The minimum Gasteiger partial charge on any atom is -0.477 e. The summed E-state index contributed by atoms with van der Waals surface area (Å²) in [5.74, 6) is -0.839. The van der Waals surface area contributed by atoms with Gasteiger partial charge in [-0.1, -0.05) is 11.2 Å². The zero-order valence-corrected chi connectivity index (χ0v) is 23.1. The van der Waals surface area contributed by atoms with Crippen molar-refractivity contribution in [3.63, 3.8) is 0 Å². The Hall–Kier alpha value is -4.55. The van der Waals surface area contributed by atoms with Gasteiger partial charge in [0.15, 0.2) is 5.69 Å². The summed E-state index contributed by atoms with van der Waals surface area (Å²) in [7, 11) is 0. The first-order valence-electron chi connectivity index (χ1n) is 14.1. The first-order chi connectivity index (χ1) is 21.0. The van der Waals surface area contributed by atoms with E-state index < -0.39 is 30.0 Å². The van der Waals surface area contributed by atoms with Crippen molar-refractivity contribution in [2.45, 2.75) is 50.8 Å². The number of allylic oxidation sites excluding steroid dienone is 2. The van der Waals surface area contributed by atoms with Gasteiger partial charge in [0.05, 0.1) is 11.1 Å². The van der Waals surface area contributed by atoms with Crippen LogP contribution in [-0.4, -0.2) is 45.9 Å². The fourth-order valence-electron chi connectivity index (χ4n) is 6.35. The topological polar surface area (TPSA) is 102 Å². The van der Waals surface area contributed by atoms with E-state index in [-0.39, 0.29) is 39.2 Å². The Morgan fingerprint density at radius 2 is 1.89 bits per heavy atom. The molecule has 13 heteroatoms. The van der Waals surface area contributed by atoms with E-state index in [9.17, 15) is 31.9 Å². The molecule has 44 heavy (non-hydrogen) atoms. The quantitative estimate of drug-likeness (QED) is 0.214. The molecule has 2 fully saturated rings. The van der Waals surface area contributed by atoms with Crippen molar-refractivity contribution in [2.24, 2.45) is 5.41 Å². The fraction of sp³-hybridized carbons (Fsp3) is 0.355. The van der Waals surface area contributed by atoms with Crippen molar-refractivity contribution in [3.05, 3.63) is 71.4 Å². The monoisotopic (exact) mass is 612 g/mol. The van der Waals surface area contributed by atoms with Gasteiger partial charge in [0.1, 0.15) is 17.2 Å². The molecule has 4 heterocycles. The number of anilines is 1. The molecule has 8 nitrogen and oxygen atoms in total. The van der Waals surface area contributed by atoms with Crippen LogP contribution in [0, 0.1) is 5.41 Å². The maximum Gasteiger partial charge on any atom is 0.417 e. The van der Waals surface area contributed by atoms with Gasteiger partial charge in [-0.15, -0.1) is 0 Å². The number of carbonyl (C=O) groups is 1. The highest BCUT2D eigenvalue weighted by Gasteiger charge is 2.45. The number of alkyl halides is 5. The van der Waals surface area contributed by atoms with Crippen LogP contribution in [0.2, 0.25) is 0 Å². The number of pyridine rings is 2. The van der Waals surface area contributed by atoms with Gasteiger partial charge in [0.2, 0.25) is 0 Å². The van der Waals surface area contributed by atoms with Crippen LogP contribution in [0.3, 0.4) is 0 Å². The number of hydrogen-bond acceptors (Lipinski definition) is 7. The van der Waals surface area contributed by atoms with E-state index in [0.29, 0.717) is 30.8 Å². The van der Waals surface area contributed by atoms with Crippen molar-refractivity contribution in [1.29, 1.82) is 0 Å². The third-order valence-electron chi connectivity index (χ3n) is 8.71. The van der Waals surface area contributed by atoms with Gasteiger partial charge < -0.3 is 19.3 Å². The van der Waals surface area contributed by atoms with E-state index >= 15 is 0 Å². The number of rotatable bonds is 7. The summed E-state index contributed by atoms with van der Waals surface area (Å²) < 4.78 is 78.0. The first kappa shape index (κ1) is 28.2. The summed E-state index contributed by atoms with van der Waals surface area (Å²) in [5.41, 5.74) is 1.29. The number of benzene rings is 1. The first-order valence-corrected chi connectivity index (χ1v) is 14.1. The van der Waals surface area contributed by atoms with Crippen LogP contribution in [-0.2, 0) is 6.18 Å². The molecule has 0 radical (unpaired) electrons. The second kappa shape index (κ2) is 10.3. The molecule has 0 amide bonds. The maximum absolute atomic E-state index is 13.8. The Labute approximate surface area is 247 Å². The number of carboxylic acid groups (broad SMARTS) is 1. The fourth-order valence-corrected chi connectivity index (χ4v) is 6.35. The van der Waals surface area contributed by atoms with E-state index in [1.165, 1.54) is 6.20 Å². The Bertz CT molecular complexity index is 1810. The summed E-state index contributed by atoms with van der Waals surface area (Å²) in [6.07, 6.45) is 3.88. The Morgan fingerprint density at radius 3 is 2.55 bits per heavy atom. The summed E-state index contributed by atoms with van der Waals surface area (Å²) >= 11 is 0. The van der Waals surface area contributed by atoms with E-state index in [0.717, 1.165) is 55.3 Å². The molecule has 3 aliphatic rings. The smallest absolute Gasteiger partial charge is 0.417 e. The number of hydrogen-bond donors (Lipinski definition) is 1. The largest absolute Gasteiger partial charge is 0.477 e. The molecule has 7 rings (SSSR count). The lowest BCUT2D eigenvalue weighted by Crippen LogP contribution is -2.42. The molecule has 0 unspecified atom stereocenters. The van der Waals surface area contributed by atoms with Crippen LogP contribution in [0.15, 0.2) is 53.3 Å². The Kier molecular flexibility index (Phi) is 6.59. The third-order valence-corrected chi connectivity index (χ3v) is 8.71. The van der Waals surface area contributed by atoms with Gasteiger partial charge in [-0.05, 0) is 67.4 Å². The predicted octanol–water partition coefficient (Wildman–Crippen LogP) is 7.55. The average molecular weight is 613 g/mol. The number of fused-ring (bicyclic) bond motifs is 1. The number of nitrogens with zero attached hydrogens (tertiary/aromatic N) is 4. The van der Waals surface area contributed by atoms with Crippen LogP contribution in [0.25, 0.3) is 27.7 Å². The molecule has 3 aromatic heterocycles. The zero-order chi connectivity index (χ0) is 30.8. The SMILES string of the molecule is O=C(O)c1cc(OC(F)F)c2cc(N3CCC4(C=C(c5c(-c6cnccc6C(F)(F)F)noc5C5CC5)C4)CC3)ccc2n1. The highest BCUT2D eigenvalue weighted by atomic mass is 19.4. The van der Waals surface area contributed by atoms with Crippen molar-refractivity contribution < 1.29 is 41.1 Å². The molecule has 228 valence electrons. The molecular weight excluding hydrogens is 587 g/mol. The molecule has 1 N–H and O–H groups in total. The molecule has 1 spiro atoms. The minimum atomic E-state index is -4.57. The van der Waals surface area contributed by atoms with Crippen molar-refractivity contribution in [1.82, 2.24) is 15.1 Å². The highest BCUT2D eigenvalue weighted by molar-refractivity contribution is 5.94. The lowest BCUT2D eigenvalue weighted by molar-refractivity contribution is -0.137. The molecule has 1 saturated carbocycles. The summed E-state index contributed by atoms with van der Waals surface area (Å²) in [5, 5.41) is 13.7. The Morgan fingerprint density at radius 1 is 1.14 bits per heavy atom. The van der Waals surface area contributed by atoms with E-state index in [1.807, 2.05) is 0 Å². The van der Waals surface area contributed by atoms with E-state index in [1.54, 1.807) is 18.2 Å². The van der Waals surface area contributed by atoms with Crippen LogP contribution >= 0.6 is 0 Å². The Balaban J connectivity index is 1.14. The van der Waals surface area contributed by atoms with Crippen molar-refractivity contribution in [3.8, 4) is 17.0 Å². The molecular formula is C31H25F5N4O4. The van der Waals surface area contributed by atoms with Crippen molar-refractivity contribution >= 4 is 28.1 Å². The van der Waals surface area contributed by atoms with Gasteiger partial charge in [0, 0.05) is 59.7 Å². The number of halogens is 5. The standard InChI is InChI=1S/C31H25F5N4O4/c32-29(33)43-24-12-23(28(41)42)38-22-4-3-18(11-19(22)24)40-9-6-30(7-10-40)13-17(14-30)25-26(39-44-27(25)16-1-2-16)20-15-37-8-5-21(20)31(34,35)36/h3-5,8,11-13,15-16,29H,1-2,6-7,9-10,14H2,(H,41,42). The van der Waals surface area contributed by atoms with Crippen LogP contribution in [0.1, 0.15) is 65.4 Å². The van der Waals surface area contributed by atoms with E-state index in [4.69, 9.17) is 4.52 Å². The minimum absolute atomic E-state index is 0.0984. The number of carboxylic acids is 1. The molecule has 0 atom stereocenters. The second-order valence-electron chi connectivity index (χ2n) is 11.6. The molecule has 1 aliphatic heterocycles. The summed E-state index contributed by atoms with van der Waals surface area (Å²) in [4.78, 5) is 21.5. The van der Waals surface area contributed by atoms with Gasteiger partial charge in [-0.3, -0.25) is 4.98 Å². The van der Waals surface area contributed by atoms with Gasteiger partial charge in [0.25, 0.3) is 0 Å². The molecule has 0 bridgehead atoms. The average Bonchev–Trinajstić information content (AvgIpc) is 3.73. The number of aromatic carboxylic acids is 1. The zero-order valence-electron chi connectivity index (χ0n) is 23.1. The second-order valence-corrected chi connectivity index (χ2v) is 11.6. The van der Waals surface area contributed by atoms with Crippen LogP contribution < -0.4 is 9.64 Å². The maximum atomic E-state index is 13.8. The lowest BCUT2D eigenvalue weighted by Gasteiger charge is -2.47. The lowest BCUT2D eigenvalue weighted by atomic mass is 9.63. The van der Waals surface area contributed by atoms with Gasteiger partial charge in [-0.2, -0.15) is 22.0 Å². The molecule has 4 aromatic rings. The molecule has 2 aliphatic carbocycles. The third kappa shape index (κ3) is 5.03. The number of ether oxygens (including phenoxy) is 1. The molecule has 1 saturated heterocycles. The number of aromatic nitrogens is 3. The predicted molar refractivity (Wildman–Crippen MR) is 149 cm³/mol. The van der Waals surface area contributed by atoms with Crippen LogP contribution in [0.5, 0.6) is 5.75 Å². The van der Waals surface area contributed by atoms with Gasteiger partial charge in [-0.25, -0.2) is 9.78 Å². The van der Waals surface area contributed by atoms with Gasteiger partial charge >= 0.3 is 18.8 Å². The number of piperidine rings is 1. The van der Waals surface area contributed by atoms with E-state index in [2.05, 4.69) is 30.8 Å². The van der Waals surface area contributed by atoms with Crippen molar-refractivity contribution in [2.75, 3.05) is 18.0 Å². The van der Waals surface area contributed by atoms with Crippen LogP contribution in [0.4, 0.5) is 27.6 Å².